The number of hydrogen-bond acceptors (Lipinski definition) is 1. The highest BCUT2D eigenvalue weighted by atomic mass is 19.4. The number of benzene rings is 10. The molecule has 0 saturated heterocycles. The summed E-state index contributed by atoms with van der Waals surface area (Å²) in [5.74, 6) is 0. The normalized spacial score (nSPS) is 12.1. The van der Waals surface area contributed by atoms with Crippen molar-refractivity contribution >= 4 is 43.6 Å². The summed E-state index contributed by atoms with van der Waals surface area (Å²) in [6.45, 7) is 8.07. The van der Waals surface area contributed by atoms with Gasteiger partial charge in [-0.05, 0) is 151 Å². The van der Waals surface area contributed by atoms with Gasteiger partial charge in [-0.25, -0.2) is 0 Å². The summed E-state index contributed by atoms with van der Waals surface area (Å²) < 4.78 is 94.0. The molecule has 0 amide bonds. The van der Waals surface area contributed by atoms with Crippen LogP contribution in [0.1, 0.15) is 38.9 Å². The zero-order chi connectivity index (χ0) is 52.8. The SMILES string of the molecule is Cc1ccc(-c2ccc3c(c2)c2cc(-c4ccc(C)cc4)ccc2n3-c2cc(-c3ccc(C(F)(F)F)cc3C(F)(F)F)c(-n3c4ccc(-c5ccc(C)cc5)cc4c4cc(-c5ccc(C)cc5)ccc43)cc2C#N)cc1. The summed E-state index contributed by atoms with van der Waals surface area (Å²) in [7, 11) is 0. The predicted molar refractivity (Wildman–Crippen MR) is 296 cm³/mol. The van der Waals surface area contributed by atoms with E-state index in [4.69, 9.17) is 0 Å². The number of halogens is 6. The lowest BCUT2D eigenvalue weighted by Crippen LogP contribution is -2.13. The average molecular weight is 1010 g/mol. The van der Waals surface area contributed by atoms with Crippen LogP contribution in [0.4, 0.5) is 26.3 Å². The van der Waals surface area contributed by atoms with E-state index >= 15 is 13.2 Å². The fraction of sp³-hybridized carbons (Fsp3) is 0.0896. The molecule has 10 aromatic carbocycles. The lowest BCUT2D eigenvalue weighted by atomic mass is 9.93. The minimum absolute atomic E-state index is 0.0263. The van der Waals surface area contributed by atoms with Crippen molar-refractivity contribution in [3.63, 3.8) is 0 Å². The molecule has 370 valence electrons. The number of alkyl halides is 6. The Morgan fingerprint density at radius 3 is 0.974 bits per heavy atom. The van der Waals surface area contributed by atoms with Crippen molar-refractivity contribution in [3.05, 3.63) is 239 Å². The first-order valence-corrected chi connectivity index (χ1v) is 24.8. The van der Waals surface area contributed by atoms with Gasteiger partial charge in [0.1, 0.15) is 6.07 Å². The van der Waals surface area contributed by atoms with Gasteiger partial charge < -0.3 is 9.13 Å². The zero-order valence-electron chi connectivity index (χ0n) is 41.7. The second-order valence-electron chi connectivity index (χ2n) is 19.8. The van der Waals surface area contributed by atoms with E-state index in [-0.39, 0.29) is 28.6 Å². The van der Waals surface area contributed by atoms with Gasteiger partial charge in [0, 0.05) is 27.1 Å². The van der Waals surface area contributed by atoms with Crippen LogP contribution in [-0.2, 0) is 12.4 Å². The molecule has 0 saturated carbocycles. The van der Waals surface area contributed by atoms with Gasteiger partial charge in [0.15, 0.2) is 0 Å². The van der Waals surface area contributed by atoms with E-state index < -0.39 is 29.0 Å². The Morgan fingerprint density at radius 2 is 0.658 bits per heavy atom. The standard InChI is InChI=1S/C67H45F6N3/c1-39-5-13-43(14-6-39)47-21-27-60-54(31-47)55-32-48(44-15-7-40(2)8-16-44)22-28-61(55)75(60)64-37-58(53-26-25-52(66(68,69)70)36-59(53)67(71,72)73)65(35-51(64)38-74)76-62-29-23-49(45-17-9-41(3)10-18-45)33-56(62)57-34-50(24-30-63(57)76)46-19-11-42(4)12-20-46/h5-37H,1-4H3. The summed E-state index contributed by atoms with van der Waals surface area (Å²) in [4.78, 5) is 0. The van der Waals surface area contributed by atoms with Gasteiger partial charge in [-0.1, -0.05) is 150 Å². The number of aryl methyl sites for hydroxylation is 4. The highest BCUT2D eigenvalue weighted by Crippen LogP contribution is 2.47. The summed E-state index contributed by atoms with van der Waals surface area (Å²) in [6.07, 6.45) is -10.3. The molecule has 76 heavy (non-hydrogen) atoms. The first-order valence-electron chi connectivity index (χ1n) is 24.8. The Kier molecular flexibility index (Phi) is 11.4. The maximum absolute atomic E-state index is 15.6. The third-order valence-electron chi connectivity index (χ3n) is 14.7. The Labute approximate surface area is 434 Å². The lowest BCUT2D eigenvalue weighted by Gasteiger charge is -2.22. The van der Waals surface area contributed by atoms with Crippen molar-refractivity contribution < 1.29 is 26.3 Å². The molecule has 0 atom stereocenters. The van der Waals surface area contributed by atoms with Crippen LogP contribution >= 0.6 is 0 Å². The molecule has 12 aromatic rings. The monoisotopic (exact) mass is 1010 g/mol. The number of nitrogens with zero attached hydrogens (tertiary/aromatic N) is 3. The highest BCUT2D eigenvalue weighted by Gasteiger charge is 2.39. The van der Waals surface area contributed by atoms with Crippen LogP contribution in [0.2, 0.25) is 0 Å². The van der Waals surface area contributed by atoms with Crippen molar-refractivity contribution in [3.8, 4) is 73.1 Å². The Hall–Kier alpha value is -9.13. The van der Waals surface area contributed by atoms with Crippen LogP contribution in [0.25, 0.3) is 111 Å². The molecule has 12 rings (SSSR count). The van der Waals surface area contributed by atoms with E-state index in [0.29, 0.717) is 28.1 Å². The van der Waals surface area contributed by atoms with Crippen LogP contribution in [0, 0.1) is 39.0 Å². The third-order valence-corrected chi connectivity index (χ3v) is 14.7. The van der Waals surface area contributed by atoms with Crippen LogP contribution in [0.15, 0.2) is 200 Å². The molecular formula is C67H45F6N3. The third kappa shape index (κ3) is 8.36. The average Bonchev–Trinajstić information content (AvgIpc) is 4.12. The van der Waals surface area contributed by atoms with Crippen molar-refractivity contribution in [2.24, 2.45) is 0 Å². The van der Waals surface area contributed by atoms with Gasteiger partial charge >= 0.3 is 12.4 Å². The van der Waals surface area contributed by atoms with Crippen molar-refractivity contribution in [2.45, 2.75) is 40.0 Å². The van der Waals surface area contributed by atoms with E-state index in [1.807, 2.05) is 158 Å². The minimum Gasteiger partial charge on any atom is -0.309 e. The second-order valence-corrected chi connectivity index (χ2v) is 19.8. The van der Waals surface area contributed by atoms with Crippen LogP contribution in [0.5, 0.6) is 0 Å². The highest BCUT2D eigenvalue weighted by molar-refractivity contribution is 6.14. The second kappa shape index (κ2) is 18.1. The molecular weight excluding hydrogens is 961 g/mol. The number of rotatable bonds is 7. The van der Waals surface area contributed by atoms with Crippen molar-refractivity contribution in [2.75, 3.05) is 0 Å². The van der Waals surface area contributed by atoms with Crippen molar-refractivity contribution in [1.29, 1.82) is 5.26 Å². The molecule has 0 aliphatic carbocycles. The van der Waals surface area contributed by atoms with Gasteiger partial charge in [-0.3, -0.25) is 0 Å². The van der Waals surface area contributed by atoms with Crippen LogP contribution < -0.4 is 0 Å². The molecule has 2 aromatic heterocycles. The zero-order valence-corrected chi connectivity index (χ0v) is 41.7. The quantitative estimate of drug-likeness (QED) is 0.147. The molecule has 9 heteroatoms. The maximum atomic E-state index is 15.6. The number of nitriles is 1. The molecule has 0 unspecified atom stereocenters. The van der Waals surface area contributed by atoms with Crippen molar-refractivity contribution in [1.82, 2.24) is 9.13 Å². The Balaban J connectivity index is 1.18. The van der Waals surface area contributed by atoms with E-state index in [1.54, 1.807) is 12.1 Å². The fourth-order valence-electron chi connectivity index (χ4n) is 10.7. The van der Waals surface area contributed by atoms with Crippen LogP contribution in [-0.4, -0.2) is 9.13 Å². The van der Waals surface area contributed by atoms with Gasteiger partial charge in [-0.2, -0.15) is 31.6 Å². The molecule has 0 bridgehead atoms. The molecule has 0 aliphatic rings. The molecule has 0 fully saturated rings. The molecule has 0 radical (unpaired) electrons. The summed E-state index contributed by atoms with van der Waals surface area (Å²) in [5, 5.41) is 14.6. The molecule has 0 N–H and O–H groups in total. The fourth-order valence-corrected chi connectivity index (χ4v) is 10.7. The van der Waals surface area contributed by atoms with E-state index in [2.05, 4.69) is 54.6 Å². The van der Waals surface area contributed by atoms with E-state index in [0.717, 1.165) is 94.4 Å². The molecule has 0 aliphatic heterocycles. The van der Waals surface area contributed by atoms with E-state index in [9.17, 15) is 18.4 Å². The Morgan fingerprint density at radius 1 is 0.329 bits per heavy atom. The van der Waals surface area contributed by atoms with Gasteiger partial charge in [0.2, 0.25) is 0 Å². The van der Waals surface area contributed by atoms with Crippen LogP contribution in [0.3, 0.4) is 0 Å². The summed E-state index contributed by atoms with van der Waals surface area (Å²) >= 11 is 0. The number of fused-ring (bicyclic) bond motifs is 6. The summed E-state index contributed by atoms with van der Waals surface area (Å²) in [5.41, 5.74) is 11.7. The predicted octanol–water partition coefficient (Wildman–Crippen LogP) is 19.4. The summed E-state index contributed by atoms with van der Waals surface area (Å²) in [6, 6.07) is 63.9. The Bertz CT molecular complexity index is 4110. The number of hydrogen-bond donors (Lipinski definition) is 0. The molecule has 0 spiro atoms. The minimum atomic E-state index is -5.22. The first kappa shape index (κ1) is 47.8. The maximum Gasteiger partial charge on any atom is 0.417 e. The number of aromatic nitrogens is 2. The topological polar surface area (TPSA) is 33.6 Å². The van der Waals surface area contributed by atoms with Gasteiger partial charge in [0.05, 0.1) is 50.1 Å². The van der Waals surface area contributed by atoms with E-state index in [1.165, 1.54) is 0 Å². The largest absolute Gasteiger partial charge is 0.417 e. The first-order chi connectivity index (χ1) is 36.5. The van der Waals surface area contributed by atoms with Gasteiger partial charge in [-0.15, -0.1) is 0 Å². The smallest absolute Gasteiger partial charge is 0.309 e. The lowest BCUT2D eigenvalue weighted by molar-refractivity contribution is -0.142. The molecule has 2 heterocycles. The molecule has 3 nitrogen and oxygen atoms in total. The van der Waals surface area contributed by atoms with Gasteiger partial charge in [0.25, 0.3) is 0 Å².